The summed E-state index contributed by atoms with van der Waals surface area (Å²) in [5, 5.41) is 2.36. The lowest BCUT2D eigenvalue weighted by Crippen LogP contribution is -2.87. The van der Waals surface area contributed by atoms with E-state index in [9.17, 15) is 0 Å². The first-order valence-electron chi connectivity index (χ1n) is 6.15. The Morgan fingerprint density at radius 2 is 1.00 bits per heavy atom. The maximum absolute atomic E-state index is 2.36. The van der Waals surface area contributed by atoms with Crippen molar-refractivity contribution in [1.29, 1.82) is 0 Å². The van der Waals surface area contributed by atoms with Crippen molar-refractivity contribution in [2.24, 2.45) is 0 Å². The fraction of sp³-hybridized carbons (Fsp3) is 0.286. The van der Waals surface area contributed by atoms with Crippen LogP contribution in [0.1, 0.15) is 0 Å². The van der Waals surface area contributed by atoms with E-state index in [1.807, 2.05) is 12.1 Å². The van der Waals surface area contributed by atoms with Gasteiger partial charge in [0.2, 0.25) is 0 Å². The van der Waals surface area contributed by atoms with E-state index in [4.69, 9.17) is 0 Å². The third-order valence-electron chi connectivity index (χ3n) is 2.74. The molecule has 2 heterocycles. The highest BCUT2D eigenvalue weighted by molar-refractivity contribution is 4.84. The van der Waals surface area contributed by atoms with E-state index >= 15 is 0 Å². The lowest BCUT2D eigenvalue weighted by molar-refractivity contribution is -0.782. The molecule has 0 saturated heterocycles. The molecule has 88 valence electrons. The Hall–Kier alpha value is -1.74. The van der Waals surface area contributed by atoms with Gasteiger partial charge in [-0.1, -0.05) is 12.1 Å². The summed E-state index contributed by atoms with van der Waals surface area (Å²) in [5.74, 6) is 0. The molecule has 0 bridgehead atoms. The number of nitrogens with two attached hydrogens (primary N) is 1. The zero-order valence-corrected chi connectivity index (χ0v) is 10.1. The standard InChI is InChI=1S/C14H19N3/c1-3-9-16(10-4-1)13-7-15-8-14-17-11-5-2-6-12-17/h1-6,9-12,15H,7-8,13-14H2/q+2/p+1. The summed E-state index contributed by atoms with van der Waals surface area (Å²) >= 11 is 0. The van der Waals surface area contributed by atoms with Crippen molar-refractivity contribution in [1.82, 2.24) is 0 Å². The monoisotopic (exact) mass is 230 g/mol. The second kappa shape index (κ2) is 6.76. The summed E-state index contributed by atoms with van der Waals surface area (Å²) in [7, 11) is 0. The topological polar surface area (TPSA) is 24.4 Å². The van der Waals surface area contributed by atoms with Crippen molar-refractivity contribution in [3.63, 3.8) is 0 Å². The van der Waals surface area contributed by atoms with Gasteiger partial charge in [-0.3, -0.25) is 0 Å². The summed E-state index contributed by atoms with van der Waals surface area (Å²) in [4.78, 5) is 0. The second-order valence-electron chi connectivity index (χ2n) is 4.09. The SMILES string of the molecule is c1cc[n+](CC[NH2+]CC[n+]2ccccc2)cc1. The molecule has 0 amide bonds. The van der Waals surface area contributed by atoms with Crippen molar-refractivity contribution in [3.8, 4) is 0 Å². The van der Waals surface area contributed by atoms with E-state index in [1.54, 1.807) is 0 Å². The molecule has 0 spiro atoms. The van der Waals surface area contributed by atoms with Gasteiger partial charge in [0.1, 0.15) is 13.1 Å². The Kier molecular flexibility index (Phi) is 4.67. The molecule has 0 saturated carbocycles. The largest absolute Gasteiger partial charge is 0.336 e. The average molecular weight is 230 g/mol. The molecule has 2 rings (SSSR count). The van der Waals surface area contributed by atoms with Crippen LogP contribution in [0.4, 0.5) is 0 Å². The van der Waals surface area contributed by atoms with Gasteiger partial charge in [-0.05, 0) is 0 Å². The predicted molar refractivity (Wildman–Crippen MR) is 64.9 cm³/mol. The van der Waals surface area contributed by atoms with Crippen LogP contribution in [-0.2, 0) is 13.1 Å². The van der Waals surface area contributed by atoms with E-state index in [2.05, 4.69) is 63.5 Å². The molecule has 2 N–H and O–H groups in total. The Bertz CT molecular complexity index is 372. The summed E-state index contributed by atoms with van der Waals surface area (Å²) in [6.45, 7) is 4.39. The predicted octanol–water partition coefficient (Wildman–Crippen LogP) is -0.475. The molecule has 0 unspecified atom stereocenters. The zero-order chi connectivity index (χ0) is 11.8. The number of pyridine rings is 2. The molecule has 3 nitrogen and oxygen atoms in total. The van der Waals surface area contributed by atoms with Crippen molar-refractivity contribution in [2.75, 3.05) is 13.1 Å². The van der Waals surface area contributed by atoms with Crippen LogP contribution >= 0.6 is 0 Å². The minimum absolute atomic E-state index is 1.07. The Labute approximate surface area is 102 Å². The first kappa shape index (κ1) is 11.7. The second-order valence-corrected chi connectivity index (χ2v) is 4.09. The summed E-state index contributed by atoms with van der Waals surface area (Å²) in [6.07, 6.45) is 8.44. The highest BCUT2D eigenvalue weighted by atomic mass is 15.0. The lowest BCUT2D eigenvalue weighted by atomic mass is 10.4. The summed E-state index contributed by atoms with van der Waals surface area (Å²) in [5.41, 5.74) is 0. The van der Waals surface area contributed by atoms with Crippen molar-refractivity contribution in [2.45, 2.75) is 13.1 Å². The van der Waals surface area contributed by atoms with Gasteiger partial charge in [0.25, 0.3) is 0 Å². The van der Waals surface area contributed by atoms with Crippen molar-refractivity contribution < 1.29 is 14.5 Å². The van der Waals surface area contributed by atoms with Crippen molar-refractivity contribution in [3.05, 3.63) is 61.2 Å². The minimum atomic E-state index is 1.07. The van der Waals surface area contributed by atoms with E-state index in [0.717, 1.165) is 26.2 Å². The van der Waals surface area contributed by atoms with Crippen molar-refractivity contribution >= 4 is 0 Å². The molecule has 3 heteroatoms. The number of hydrogen-bond acceptors (Lipinski definition) is 0. The zero-order valence-electron chi connectivity index (χ0n) is 10.1. The Balaban J connectivity index is 1.61. The van der Waals surface area contributed by atoms with Crippen LogP contribution in [0.3, 0.4) is 0 Å². The van der Waals surface area contributed by atoms with Gasteiger partial charge in [0, 0.05) is 24.3 Å². The third-order valence-corrected chi connectivity index (χ3v) is 2.74. The smallest absolute Gasteiger partial charge is 0.196 e. The van der Waals surface area contributed by atoms with Gasteiger partial charge in [-0.15, -0.1) is 0 Å². The summed E-state index contributed by atoms with van der Waals surface area (Å²) in [6, 6.07) is 12.4. The first-order chi connectivity index (χ1) is 8.45. The molecule has 0 aliphatic rings. The number of hydrogen-bond donors (Lipinski definition) is 1. The van der Waals surface area contributed by atoms with E-state index in [1.165, 1.54) is 0 Å². The summed E-state index contributed by atoms with van der Waals surface area (Å²) < 4.78 is 4.43. The number of rotatable bonds is 6. The van der Waals surface area contributed by atoms with Crippen LogP contribution in [0.2, 0.25) is 0 Å². The number of aromatic nitrogens is 2. The van der Waals surface area contributed by atoms with Crippen LogP contribution in [0.5, 0.6) is 0 Å². The fourth-order valence-electron chi connectivity index (χ4n) is 1.79. The maximum atomic E-state index is 2.36. The van der Waals surface area contributed by atoms with Crippen LogP contribution in [0.25, 0.3) is 0 Å². The van der Waals surface area contributed by atoms with Crippen LogP contribution in [0.15, 0.2) is 61.2 Å². The maximum Gasteiger partial charge on any atom is 0.196 e. The van der Waals surface area contributed by atoms with Gasteiger partial charge in [-0.25, -0.2) is 0 Å². The Morgan fingerprint density at radius 1 is 0.588 bits per heavy atom. The Morgan fingerprint density at radius 3 is 1.41 bits per heavy atom. The molecule has 0 fully saturated rings. The van der Waals surface area contributed by atoms with Gasteiger partial charge in [0.15, 0.2) is 37.9 Å². The normalized spacial score (nSPS) is 10.4. The van der Waals surface area contributed by atoms with E-state index < -0.39 is 0 Å². The molecule has 0 atom stereocenters. The number of quaternary nitrogens is 1. The van der Waals surface area contributed by atoms with Gasteiger partial charge >= 0.3 is 0 Å². The van der Waals surface area contributed by atoms with E-state index in [0.29, 0.717) is 0 Å². The first-order valence-corrected chi connectivity index (χ1v) is 6.15. The highest BCUT2D eigenvalue weighted by Gasteiger charge is 2.02. The molecule has 0 aliphatic heterocycles. The molecule has 0 aliphatic carbocycles. The average Bonchev–Trinajstić information content (AvgIpc) is 2.41. The molecule has 2 aromatic rings. The van der Waals surface area contributed by atoms with Gasteiger partial charge < -0.3 is 5.32 Å². The molecular formula is C14H20N3+3. The molecule has 17 heavy (non-hydrogen) atoms. The molecule has 0 radical (unpaired) electrons. The third kappa shape index (κ3) is 4.33. The lowest BCUT2D eigenvalue weighted by Gasteiger charge is -1.97. The highest BCUT2D eigenvalue weighted by Crippen LogP contribution is 1.76. The van der Waals surface area contributed by atoms with E-state index in [-0.39, 0.29) is 0 Å². The van der Waals surface area contributed by atoms with Gasteiger partial charge in [-0.2, -0.15) is 9.13 Å². The number of nitrogens with zero attached hydrogens (tertiary/aromatic N) is 2. The fourth-order valence-corrected chi connectivity index (χ4v) is 1.79. The molecule has 0 aromatic carbocycles. The van der Waals surface area contributed by atoms with Crippen LogP contribution in [0, 0.1) is 0 Å². The quantitative estimate of drug-likeness (QED) is 0.512. The molecular weight excluding hydrogens is 210 g/mol. The van der Waals surface area contributed by atoms with Crippen LogP contribution < -0.4 is 14.5 Å². The van der Waals surface area contributed by atoms with Crippen LogP contribution in [-0.4, -0.2) is 13.1 Å². The minimum Gasteiger partial charge on any atom is -0.336 e. The van der Waals surface area contributed by atoms with Gasteiger partial charge in [0.05, 0.1) is 0 Å². The molecule has 2 aromatic heterocycles.